The smallest absolute Gasteiger partial charge is 0.462 e. The number of hydrogen-bond acceptors (Lipinski definition) is 15. The van der Waals surface area contributed by atoms with Gasteiger partial charge in [0.25, 0.3) is 0 Å². The average molecular weight is 1560 g/mol. The second-order valence-corrected chi connectivity index (χ2v) is 35.7. The molecule has 636 valence electrons. The van der Waals surface area contributed by atoms with Gasteiger partial charge in [-0.15, -0.1) is 0 Å². The van der Waals surface area contributed by atoms with Crippen molar-refractivity contribution in [2.75, 3.05) is 39.6 Å². The number of hydrogen-bond donors (Lipinski definition) is 3. The molecule has 3 unspecified atom stereocenters. The van der Waals surface area contributed by atoms with Crippen LogP contribution in [-0.4, -0.2) is 96.7 Å². The third-order valence-corrected chi connectivity index (χ3v) is 22.9. The van der Waals surface area contributed by atoms with E-state index in [1.807, 2.05) is 0 Å². The lowest BCUT2D eigenvalue weighted by Crippen LogP contribution is -2.30. The highest BCUT2D eigenvalue weighted by Gasteiger charge is 2.31. The molecule has 0 spiro atoms. The van der Waals surface area contributed by atoms with Gasteiger partial charge in [-0.25, -0.2) is 9.13 Å². The zero-order chi connectivity index (χ0) is 78.6. The minimum atomic E-state index is -4.97. The first-order valence-electron chi connectivity index (χ1n) is 45.4. The van der Waals surface area contributed by atoms with Crippen molar-refractivity contribution in [3.8, 4) is 0 Å². The summed E-state index contributed by atoms with van der Waals surface area (Å²) in [4.78, 5) is 73.1. The van der Waals surface area contributed by atoms with Gasteiger partial charge < -0.3 is 33.8 Å². The molecule has 0 heterocycles. The number of aliphatic hydroxyl groups is 1. The highest BCUT2D eigenvalue weighted by molar-refractivity contribution is 7.47. The van der Waals surface area contributed by atoms with E-state index in [0.717, 1.165) is 120 Å². The summed E-state index contributed by atoms with van der Waals surface area (Å²) in [5.74, 6) is 0.382. The fraction of sp³-hybridized carbons (Fsp3) is 0.955. The molecule has 0 aromatic rings. The van der Waals surface area contributed by atoms with Crippen molar-refractivity contribution in [3.63, 3.8) is 0 Å². The first-order chi connectivity index (χ1) is 51.8. The third-order valence-electron chi connectivity index (χ3n) is 21.0. The van der Waals surface area contributed by atoms with Crippen molar-refractivity contribution < 1.29 is 80.2 Å². The monoisotopic (exact) mass is 1560 g/mol. The zero-order valence-electron chi connectivity index (χ0n) is 70.6. The number of esters is 4. The molecule has 0 rings (SSSR count). The molecule has 17 nitrogen and oxygen atoms in total. The number of phosphoric ester groups is 2. The summed E-state index contributed by atoms with van der Waals surface area (Å²) < 4.78 is 68.8. The van der Waals surface area contributed by atoms with Crippen LogP contribution in [0.4, 0.5) is 0 Å². The minimum absolute atomic E-state index is 0.107. The van der Waals surface area contributed by atoms with Crippen molar-refractivity contribution >= 4 is 39.5 Å². The van der Waals surface area contributed by atoms with Gasteiger partial charge in [0.2, 0.25) is 0 Å². The molecular formula is C88H172O17P2. The highest BCUT2D eigenvalue weighted by Crippen LogP contribution is 2.45. The van der Waals surface area contributed by atoms with E-state index in [1.54, 1.807) is 0 Å². The van der Waals surface area contributed by atoms with Crippen LogP contribution in [0.25, 0.3) is 0 Å². The Kier molecular flexibility index (Phi) is 76.6. The molecule has 0 bridgehead atoms. The van der Waals surface area contributed by atoms with Gasteiger partial charge in [-0.05, 0) is 43.4 Å². The first kappa shape index (κ1) is 105. The molecule has 0 aliphatic carbocycles. The maximum atomic E-state index is 13.2. The van der Waals surface area contributed by atoms with Gasteiger partial charge in [-0.1, -0.05) is 414 Å². The molecule has 6 atom stereocenters. The van der Waals surface area contributed by atoms with Gasteiger partial charge in [0.1, 0.15) is 19.3 Å². The molecule has 19 heteroatoms. The molecule has 0 aromatic carbocycles. The van der Waals surface area contributed by atoms with Crippen LogP contribution < -0.4 is 0 Å². The normalized spacial score (nSPS) is 14.1. The van der Waals surface area contributed by atoms with Crippen LogP contribution in [0.1, 0.15) is 466 Å². The number of phosphoric acid groups is 2. The van der Waals surface area contributed by atoms with E-state index in [0.29, 0.717) is 25.7 Å². The van der Waals surface area contributed by atoms with Crippen molar-refractivity contribution in [3.05, 3.63) is 0 Å². The Morgan fingerprint density at radius 2 is 0.477 bits per heavy atom. The van der Waals surface area contributed by atoms with E-state index in [4.69, 9.17) is 37.0 Å². The molecule has 0 aliphatic rings. The Labute approximate surface area is 658 Å². The fourth-order valence-corrected chi connectivity index (χ4v) is 15.3. The number of ether oxygens (including phenoxy) is 4. The molecule has 0 aliphatic heterocycles. The van der Waals surface area contributed by atoms with E-state index in [-0.39, 0.29) is 25.7 Å². The van der Waals surface area contributed by atoms with E-state index in [2.05, 4.69) is 48.5 Å². The molecule has 3 N–H and O–H groups in total. The quantitative estimate of drug-likeness (QED) is 0.0222. The van der Waals surface area contributed by atoms with Gasteiger partial charge in [0.15, 0.2) is 12.2 Å². The van der Waals surface area contributed by atoms with Crippen molar-refractivity contribution in [2.24, 2.45) is 17.8 Å². The zero-order valence-corrected chi connectivity index (χ0v) is 72.4. The summed E-state index contributed by atoms with van der Waals surface area (Å²) in [7, 11) is -9.92. The number of carbonyl (C=O) groups is 4. The Bertz CT molecular complexity index is 2060. The first-order valence-corrected chi connectivity index (χ1v) is 48.4. The molecule has 107 heavy (non-hydrogen) atoms. The number of carbonyl (C=O) groups excluding carboxylic acids is 4. The molecule has 0 aromatic heterocycles. The number of rotatable bonds is 86. The predicted octanol–water partition coefficient (Wildman–Crippen LogP) is 26.9. The van der Waals surface area contributed by atoms with E-state index in [9.17, 15) is 43.2 Å². The molecule has 0 saturated heterocycles. The lowest BCUT2D eigenvalue weighted by Gasteiger charge is -2.21. The molecule has 0 radical (unpaired) electrons. The van der Waals surface area contributed by atoms with Crippen LogP contribution in [0.2, 0.25) is 0 Å². The lowest BCUT2D eigenvalue weighted by molar-refractivity contribution is -0.161. The number of unbranched alkanes of at least 4 members (excludes halogenated alkanes) is 53. The predicted molar refractivity (Wildman–Crippen MR) is 441 cm³/mol. The highest BCUT2D eigenvalue weighted by atomic mass is 31.2. The molecule has 0 fully saturated rings. The van der Waals surface area contributed by atoms with Crippen LogP contribution in [0, 0.1) is 17.8 Å². The Balaban J connectivity index is 5.16. The van der Waals surface area contributed by atoms with Crippen molar-refractivity contribution in [1.82, 2.24) is 0 Å². The Hall–Kier alpha value is -1.94. The van der Waals surface area contributed by atoms with Crippen LogP contribution in [0.5, 0.6) is 0 Å². The third kappa shape index (κ3) is 80.5. The van der Waals surface area contributed by atoms with E-state index < -0.39 is 97.5 Å². The van der Waals surface area contributed by atoms with Crippen molar-refractivity contribution in [1.29, 1.82) is 0 Å². The van der Waals surface area contributed by atoms with Crippen LogP contribution in [-0.2, 0) is 65.4 Å². The maximum Gasteiger partial charge on any atom is 0.472 e. The summed E-state index contributed by atoms with van der Waals surface area (Å²) in [6.45, 7) is 12.1. The summed E-state index contributed by atoms with van der Waals surface area (Å²) >= 11 is 0. The van der Waals surface area contributed by atoms with Gasteiger partial charge >= 0.3 is 39.5 Å². The molecular weight excluding hydrogens is 1390 g/mol. The van der Waals surface area contributed by atoms with Gasteiger partial charge in [-0.3, -0.25) is 37.3 Å². The minimum Gasteiger partial charge on any atom is -0.462 e. The Morgan fingerprint density at radius 3 is 0.710 bits per heavy atom. The molecule has 0 amide bonds. The van der Waals surface area contributed by atoms with Crippen LogP contribution in [0.3, 0.4) is 0 Å². The summed E-state index contributed by atoms with van der Waals surface area (Å²) in [6, 6.07) is 0. The van der Waals surface area contributed by atoms with Gasteiger partial charge in [0.05, 0.1) is 26.4 Å². The standard InChI is InChI=1S/C88H172O17P2/c1-8-10-11-12-45-55-62-69-85(90)98-75-83(104-87(92)71-65-58-51-44-38-32-26-25-28-34-40-47-53-60-67-80(5)6)77-102-106(94,95)100-73-82(89)74-101-107(96,97)103-78-84(76-99-86(91)70-63-56-49-42-36-30-23-19-15-13-17-21-27-33-39-46-52-59-66-79(3)4)105-88(93)72-64-57-50-43-37-31-24-20-16-14-18-22-29-35-41-48-54-61-68-81(7)9-2/h79-84,89H,8-78H2,1-7H3,(H,94,95)(H,96,97)/t81?,82-,83+,84+/m0/s1. The van der Waals surface area contributed by atoms with Crippen molar-refractivity contribution in [2.45, 2.75) is 484 Å². The SMILES string of the molecule is CCCCCCCCCC(=O)OC[C@H](COP(=O)(O)OC[C@H](O)COP(=O)(O)OC[C@@H](COC(=O)CCCCCCCCCCCCCCCCCCCCC(C)C)OC(=O)CCCCCCCCCCCCCCCCCCCCC(C)CC)OC(=O)CCCCCCCCCCCCCCCCC(C)C. The van der Waals surface area contributed by atoms with Crippen LogP contribution in [0.15, 0.2) is 0 Å². The second kappa shape index (κ2) is 78.0. The topological polar surface area (TPSA) is 237 Å². The van der Waals surface area contributed by atoms with Gasteiger partial charge in [0, 0.05) is 25.7 Å². The largest absolute Gasteiger partial charge is 0.472 e. The lowest BCUT2D eigenvalue weighted by atomic mass is 9.99. The summed E-state index contributed by atoms with van der Waals surface area (Å²) in [5.41, 5.74) is 0. The summed E-state index contributed by atoms with van der Waals surface area (Å²) in [5, 5.41) is 10.7. The van der Waals surface area contributed by atoms with Crippen LogP contribution >= 0.6 is 15.6 Å². The Morgan fingerprint density at radius 1 is 0.271 bits per heavy atom. The van der Waals surface area contributed by atoms with Gasteiger partial charge in [-0.2, -0.15) is 0 Å². The molecule has 0 saturated carbocycles. The number of aliphatic hydroxyl groups excluding tert-OH is 1. The summed E-state index contributed by atoms with van der Waals surface area (Å²) in [6.07, 6.45) is 69.7. The second-order valence-electron chi connectivity index (χ2n) is 32.8. The fourth-order valence-electron chi connectivity index (χ4n) is 13.7. The maximum absolute atomic E-state index is 13.2. The average Bonchev–Trinajstić information content (AvgIpc) is 0.904. The van der Waals surface area contributed by atoms with E-state index >= 15 is 0 Å². The van der Waals surface area contributed by atoms with E-state index in [1.165, 1.54) is 263 Å².